The lowest BCUT2D eigenvalue weighted by atomic mass is 10.2. The van der Waals surface area contributed by atoms with Gasteiger partial charge in [0, 0.05) is 45.3 Å². The number of ether oxygens (including phenoxy) is 1. The molecule has 0 aromatic heterocycles. The highest BCUT2D eigenvalue weighted by molar-refractivity contribution is 14.0. The molecular formula is C21H34IN5O3. The molecule has 0 atom stereocenters. The molecule has 1 aliphatic rings. The number of hydrogen-bond donors (Lipinski definition) is 3. The van der Waals surface area contributed by atoms with Crippen molar-refractivity contribution in [3.63, 3.8) is 0 Å². The number of rotatable bonds is 7. The molecule has 168 valence electrons. The molecule has 3 N–H and O–H groups in total. The minimum Gasteiger partial charge on any atom is -0.444 e. The second-order valence-corrected chi connectivity index (χ2v) is 7.88. The fraction of sp³-hybridized carbons (Fsp3) is 0.571. The number of aliphatic imine (C=N–C) groups is 1. The molecule has 0 saturated heterocycles. The molecule has 0 unspecified atom stereocenters. The van der Waals surface area contributed by atoms with Crippen LogP contribution in [0.25, 0.3) is 0 Å². The lowest BCUT2D eigenvalue weighted by molar-refractivity contribution is -0.118. The van der Waals surface area contributed by atoms with E-state index < -0.39 is 11.7 Å². The van der Waals surface area contributed by atoms with Crippen molar-refractivity contribution in [2.24, 2.45) is 4.99 Å². The lowest BCUT2D eigenvalue weighted by Gasteiger charge is -2.20. The number of carbonyl (C=O) groups excluding carboxylic acids is 2. The van der Waals surface area contributed by atoms with Crippen LogP contribution in [0.5, 0.6) is 0 Å². The Hall–Kier alpha value is -2.04. The van der Waals surface area contributed by atoms with Crippen molar-refractivity contribution in [2.75, 3.05) is 38.1 Å². The highest BCUT2D eigenvalue weighted by Crippen LogP contribution is 2.27. The van der Waals surface area contributed by atoms with Crippen LogP contribution in [-0.2, 0) is 16.0 Å². The van der Waals surface area contributed by atoms with Gasteiger partial charge in [-0.15, -0.1) is 24.0 Å². The number of guanidine groups is 1. The molecule has 0 aliphatic carbocycles. The van der Waals surface area contributed by atoms with E-state index in [0.29, 0.717) is 38.4 Å². The summed E-state index contributed by atoms with van der Waals surface area (Å²) in [5.41, 5.74) is 1.77. The van der Waals surface area contributed by atoms with Crippen molar-refractivity contribution in [2.45, 2.75) is 45.6 Å². The number of benzene rings is 1. The number of hydrogen-bond acceptors (Lipinski definition) is 4. The molecule has 8 nitrogen and oxygen atoms in total. The maximum atomic E-state index is 12.5. The van der Waals surface area contributed by atoms with E-state index in [1.807, 2.05) is 43.9 Å². The largest absolute Gasteiger partial charge is 0.444 e. The van der Waals surface area contributed by atoms with Gasteiger partial charge in [0.05, 0.1) is 0 Å². The summed E-state index contributed by atoms with van der Waals surface area (Å²) in [4.78, 5) is 30.1. The van der Waals surface area contributed by atoms with Gasteiger partial charge in [0.1, 0.15) is 5.60 Å². The van der Waals surface area contributed by atoms with E-state index in [1.165, 1.54) is 5.56 Å². The van der Waals surface area contributed by atoms with E-state index in [2.05, 4.69) is 27.0 Å². The van der Waals surface area contributed by atoms with E-state index in [4.69, 9.17) is 4.74 Å². The van der Waals surface area contributed by atoms with Gasteiger partial charge in [0.15, 0.2) is 5.96 Å². The van der Waals surface area contributed by atoms with Gasteiger partial charge in [-0.3, -0.25) is 9.79 Å². The number of fused-ring (bicyclic) bond motifs is 1. The van der Waals surface area contributed by atoms with Crippen LogP contribution in [0.4, 0.5) is 10.5 Å². The Morgan fingerprint density at radius 2 is 1.77 bits per heavy atom. The Morgan fingerprint density at radius 1 is 1.10 bits per heavy atom. The first-order chi connectivity index (χ1) is 13.8. The number of carbonyl (C=O) groups is 2. The topological polar surface area (TPSA) is 95.1 Å². The zero-order valence-electron chi connectivity index (χ0n) is 18.3. The van der Waals surface area contributed by atoms with Crippen LogP contribution >= 0.6 is 24.0 Å². The van der Waals surface area contributed by atoms with Crippen LogP contribution in [0.2, 0.25) is 0 Å². The second-order valence-electron chi connectivity index (χ2n) is 7.88. The number of nitrogens with one attached hydrogen (secondary N) is 3. The molecule has 0 fully saturated rings. The molecule has 30 heavy (non-hydrogen) atoms. The number of nitrogens with zero attached hydrogens (tertiary/aromatic N) is 2. The van der Waals surface area contributed by atoms with Crippen LogP contribution < -0.4 is 20.9 Å². The monoisotopic (exact) mass is 531 g/mol. The number of anilines is 1. The highest BCUT2D eigenvalue weighted by atomic mass is 127. The molecule has 0 radical (unpaired) electrons. The standard InChI is InChI=1S/C21H33N5O3.HI/c1-21(2,3)29-20(28)25-14-13-24-19(22-4)23-12-7-10-18(27)26-15-11-16-8-5-6-9-17(16)26;/h5-6,8-9H,7,10-15H2,1-4H3,(H,25,28)(H2,22,23,24);1H. The Kier molecular flexibility index (Phi) is 10.9. The summed E-state index contributed by atoms with van der Waals surface area (Å²) in [6, 6.07) is 8.07. The quantitative estimate of drug-likeness (QED) is 0.218. The fourth-order valence-corrected chi connectivity index (χ4v) is 3.06. The average molecular weight is 531 g/mol. The molecule has 2 rings (SSSR count). The van der Waals surface area contributed by atoms with E-state index >= 15 is 0 Å². The van der Waals surface area contributed by atoms with Crippen LogP contribution in [-0.4, -0.2) is 56.8 Å². The van der Waals surface area contributed by atoms with Crippen molar-refractivity contribution < 1.29 is 14.3 Å². The van der Waals surface area contributed by atoms with Gasteiger partial charge in [-0.25, -0.2) is 4.79 Å². The summed E-state index contributed by atoms with van der Waals surface area (Å²) in [6.07, 6.45) is 1.69. The van der Waals surface area contributed by atoms with Crippen LogP contribution in [0.1, 0.15) is 39.2 Å². The van der Waals surface area contributed by atoms with Gasteiger partial charge in [-0.1, -0.05) is 18.2 Å². The van der Waals surface area contributed by atoms with E-state index in [1.54, 1.807) is 7.05 Å². The maximum Gasteiger partial charge on any atom is 0.407 e. The molecule has 0 spiro atoms. The molecule has 1 aromatic carbocycles. The van der Waals surface area contributed by atoms with Gasteiger partial charge in [0.2, 0.25) is 5.91 Å². The zero-order valence-corrected chi connectivity index (χ0v) is 20.6. The normalized spacial score (nSPS) is 13.2. The Morgan fingerprint density at radius 3 is 2.47 bits per heavy atom. The van der Waals surface area contributed by atoms with Crippen molar-refractivity contribution in [1.29, 1.82) is 0 Å². The molecule has 0 bridgehead atoms. The Bertz CT molecular complexity index is 734. The second kappa shape index (κ2) is 12.6. The predicted molar refractivity (Wildman–Crippen MR) is 131 cm³/mol. The molecule has 2 amide bonds. The van der Waals surface area contributed by atoms with Gasteiger partial charge in [0.25, 0.3) is 0 Å². The third kappa shape index (κ3) is 8.76. The minimum absolute atomic E-state index is 0. The van der Waals surface area contributed by atoms with E-state index in [9.17, 15) is 9.59 Å². The molecule has 1 aromatic rings. The third-order valence-corrected chi connectivity index (χ3v) is 4.36. The first-order valence-corrected chi connectivity index (χ1v) is 10.1. The van der Waals surface area contributed by atoms with Crippen molar-refractivity contribution in [1.82, 2.24) is 16.0 Å². The number of para-hydroxylation sites is 1. The average Bonchev–Trinajstić information content (AvgIpc) is 3.09. The zero-order chi connectivity index (χ0) is 21.3. The predicted octanol–water partition coefficient (Wildman–Crippen LogP) is 2.66. The third-order valence-electron chi connectivity index (χ3n) is 4.36. The number of halogens is 1. The van der Waals surface area contributed by atoms with E-state index in [0.717, 1.165) is 18.7 Å². The molecule has 0 saturated carbocycles. The molecule has 9 heteroatoms. The van der Waals surface area contributed by atoms with Crippen LogP contribution in [0.15, 0.2) is 29.3 Å². The molecule has 1 aliphatic heterocycles. The maximum absolute atomic E-state index is 12.5. The van der Waals surface area contributed by atoms with Gasteiger partial charge in [-0.2, -0.15) is 0 Å². The first kappa shape index (κ1) is 26.0. The Labute approximate surface area is 196 Å². The van der Waals surface area contributed by atoms with Gasteiger partial charge in [-0.05, 0) is 45.2 Å². The van der Waals surface area contributed by atoms with Crippen molar-refractivity contribution >= 4 is 47.6 Å². The van der Waals surface area contributed by atoms with Gasteiger partial charge >= 0.3 is 6.09 Å². The van der Waals surface area contributed by atoms with Crippen molar-refractivity contribution in [3.8, 4) is 0 Å². The number of alkyl carbamates (subject to hydrolysis) is 1. The highest BCUT2D eigenvalue weighted by Gasteiger charge is 2.23. The summed E-state index contributed by atoms with van der Waals surface area (Å²) in [7, 11) is 1.68. The Balaban J connectivity index is 0.00000450. The summed E-state index contributed by atoms with van der Waals surface area (Å²) < 4.78 is 5.18. The minimum atomic E-state index is -0.510. The molecule has 1 heterocycles. The summed E-state index contributed by atoms with van der Waals surface area (Å²) >= 11 is 0. The number of amides is 2. The smallest absolute Gasteiger partial charge is 0.407 e. The van der Waals surface area contributed by atoms with Crippen molar-refractivity contribution in [3.05, 3.63) is 29.8 Å². The summed E-state index contributed by atoms with van der Waals surface area (Å²) in [5, 5.41) is 8.99. The SMILES string of the molecule is CN=C(NCCCC(=O)N1CCc2ccccc21)NCCNC(=O)OC(C)(C)C.I. The summed E-state index contributed by atoms with van der Waals surface area (Å²) in [6.45, 7) is 7.81. The fourth-order valence-electron chi connectivity index (χ4n) is 3.06. The summed E-state index contributed by atoms with van der Waals surface area (Å²) in [5.74, 6) is 0.788. The van der Waals surface area contributed by atoms with Gasteiger partial charge < -0.3 is 25.6 Å². The van der Waals surface area contributed by atoms with Crippen LogP contribution in [0, 0.1) is 0 Å². The van der Waals surface area contributed by atoms with Crippen LogP contribution in [0.3, 0.4) is 0 Å². The van der Waals surface area contributed by atoms with E-state index in [-0.39, 0.29) is 29.9 Å². The first-order valence-electron chi connectivity index (χ1n) is 10.1. The molecular weight excluding hydrogens is 497 g/mol. The lowest BCUT2D eigenvalue weighted by Crippen LogP contribution is -2.42.